The minimum Gasteiger partial charge on any atom is -0.330 e. The molecule has 1 aromatic rings. The number of hydrogen-bond acceptors (Lipinski definition) is 3. The Bertz CT molecular complexity index is 329. The van der Waals surface area contributed by atoms with Gasteiger partial charge >= 0.3 is 0 Å². The lowest BCUT2D eigenvalue weighted by Gasteiger charge is -2.18. The van der Waals surface area contributed by atoms with Gasteiger partial charge in [-0.05, 0) is 36.6 Å². The van der Waals surface area contributed by atoms with E-state index >= 15 is 0 Å². The van der Waals surface area contributed by atoms with E-state index in [1.807, 2.05) is 18.2 Å². The Morgan fingerprint density at radius 2 is 2.33 bits per heavy atom. The van der Waals surface area contributed by atoms with Crippen LogP contribution in [0.5, 0.6) is 0 Å². The molecule has 1 fully saturated rings. The molecule has 15 heavy (non-hydrogen) atoms. The second-order valence-corrected chi connectivity index (χ2v) is 4.33. The molecule has 1 saturated heterocycles. The van der Waals surface area contributed by atoms with E-state index in [0.29, 0.717) is 12.0 Å². The highest BCUT2D eigenvalue weighted by atomic mass is 35.5. The average molecular weight is 226 g/mol. The molecule has 1 heterocycles. The third-order valence-corrected chi connectivity index (χ3v) is 3.07. The summed E-state index contributed by atoms with van der Waals surface area (Å²) >= 11 is 5.98. The van der Waals surface area contributed by atoms with Crippen LogP contribution in [0.25, 0.3) is 0 Å². The predicted octanol–water partition coefficient (Wildman–Crippen LogP) is 1.45. The summed E-state index contributed by atoms with van der Waals surface area (Å²) in [5.74, 6) is 0.550. The van der Waals surface area contributed by atoms with Crippen molar-refractivity contribution in [3.05, 3.63) is 34.9 Å². The van der Waals surface area contributed by atoms with E-state index in [0.717, 1.165) is 24.5 Å². The van der Waals surface area contributed by atoms with Crippen molar-refractivity contribution >= 4 is 11.6 Å². The highest BCUT2D eigenvalue weighted by Gasteiger charge is 2.27. The van der Waals surface area contributed by atoms with Crippen molar-refractivity contribution in [2.45, 2.75) is 12.5 Å². The summed E-state index contributed by atoms with van der Waals surface area (Å²) in [6.45, 7) is 1.69. The number of halogens is 1. The molecule has 2 atom stereocenters. The van der Waals surface area contributed by atoms with Gasteiger partial charge in [0.2, 0.25) is 0 Å². The van der Waals surface area contributed by atoms with Gasteiger partial charge in [-0.25, -0.2) is 5.43 Å². The molecule has 1 aromatic carbocycles. The zero-order valence-corrected chi connectivity index (χ0v) is 9.30. The van der Waals surface area contributed by atoms with Gasteiger partial charge in [-0.3, -0.25) is 5.43 Å². The molecule has 0 spiro atoms. The summed E-state index contributed by atoms with van der Waals surface area (Å²) in [5, 5.41) is 0.785. The number of benzene rings is 1. The Morgan fingerprint density at radius 3 is 3.07 bits per heavy atom. The fourth-order valence-corrected chi connectivity index (χ4v) is 2.27. The van der Waals surface area contributed by atoms with Gasteiger partial charge in [-0.2, -0.15) is 0 Å². The van der Waals surface area contributed by atoms with E-state index in [1.165, 1.54) is 5.56 Å². The van der Waals surface area contributed by atoms with Crippen LogP contribution in [0.4, 0.5) is 0 Å². The zero-order chi connectivity index (χ0) is 10.7. The van der Waals surface area contributed by atoms with Crippen molar-refractivity contribution in [2.24, 2.45) is 11.7 Å². The summed E-state index contributed by atoms with van der Waals surface area (Å²) in [7, 11) is 0. The maximum Gasteiger partial charge on any atom is 0.0504 e. The summed E-state index contributed by atoms with van der Waals surface area (Å²) in [4.78, 5) is 0. The second kappa shape index (κ2) is 4.94. The topological polar surface area (TPSA) is 50.1 Å². The van der Waals surface area contributed by atoms with Gasteiger partial charge in [0.15, 0.2) is 0 Å². The van der Waals surface area contributed by atoms with Crippen molar-refractivity contribution in [3.8, 4) is 0 Å². The van der Waals surface area contributed by atoms with Crippen LogP contribution in [0.15, 0.2) is 24.3 Å². The molecule has 0 bridgehead atoms. The van der Waals surface area contributed by atoms with E-state index in [1.54, 1.807) is 0 Å². The third-order valence-electron chi connectivity index (χ3n) is 2.84. The Labute approximate surface area is 95.0 Å². The van der Waals surface area contributed by atoms with Gasteiger partial charge in [0.1, 0.15) is 0 Å². The number of nitrogens with two attached hydrogens (primary N) is 1. The molecule has 0 radical (unpaired) electrons. The molecule has 0 aromatic heterocycles. The monoisotopic (exact) mass is 225 g/mol. The van der Waals surface area contributed by atoms with Gasteiger partial charge in [0, 0.05) is 11.6 Å². The lowest BCUT2D eigenvalue weighted by atomic mass is 9.92. The first kappa shape index (κ1) is 10.9. The van der Waals surface area contributed by atoms with E-state index in [9.17, 15) is 0 Å². The third kappa shape index (κ3) is 2.49. The van der Waals surface area contributed by atoms with Crippen molar-refractivity contribution in [1.29, 1.82) is 0 Å². The average Bonchev–Trinajstić information content (AvgIpc) is 2.66. The van der Waals surface area contributed by atoms with E-state index in [-0.39, 0.29) is 0 Å². The number of hydrogen-bond donors (Lipinski definition) is 3. The number of nitrogens with one attached hydrogen (secondary N) is 2. The number of rotatable bonds is 3. The quantitative estimate of drug-likeness (QED) is 0.730. The van der Waals surface area contributed by atoms with Gasteiger partial charge < -0.3 is 5.73 Å². The van der Waals surface area contributed by atoms with E-state index in [2.05, 4.69) is 16.9 Å². The van der Waals surface area contributed by atoms with Crippen molar-refractivity contribution in [2.75, 3.05) is 13.1 Å². The first-order valence-electron chi connectivity index (χ1n) is 5.25. The Morgan fingerprint density at radius 1 is 1.47 bits per heavy atom. The zero-order valence-electron chi connectivity index (χ0n) is 8.54. The molecule has 1 aliphatic heterocycles. The van der Waals surface area contributed by atoms with Gasteiger partial charge in [0.25, 0.3) is 0 Å². The molecule has 0 saturated carbocycles. The fourth-order valence-electron chi connectivity index (χ4n) is 2.07. The summed E-state index contributed by atoms with van der Waals surface area (Å²) in [6, 6.07) is 8.31. The largest absolute Gasteiger partial charge is 0.330 e. The van der Waals surface area contributed by atoms with Crippen LogP contribution in [0.1, 0.15) is 18.0 Å². The molecule has 0 aliphatic carbocycles. The van der Waals surface area contributed by atoms with Crippen LogP contribution < -0.4 is 16.6 Å². The summed E-state index contributed by atoms with van der Waals surface area (Å²) in [5.41, 5.74) is 13.3. The molecular weight excluding hydrogens is 210 g/mol. The maximum atomic E-state index is 5.98. The smallest absolute Gasteiger partial charge is 0.0504 e. The van der Waals surface area contributed by atoms with Crippen LogP contribution in [0.2, 0.25) is 5.02 Å². The van der Waals surface area contributed by atoms with E-state index < -0.39 is 0 Å². The lowest BCUT2D eigenvalue weighted by Crippen LogP contribution is -2.25. The van der Waals surface area contributed by atoms with Crippen LogP contribution in [0, 0.1) is 5.92 Å². The van der Waals surface area contributed by atoms with Gasteiger partial charge in [0.05, 0.1) is 6.04 Å². The molecule has 4 N–H and O–H groups in total. The Kier molecular flexibility index (Phi) is 3.59. The minimum absolute atomic E-state index is 0.326. The Balaban J connectivity index is 2.15. The van der Waals surface area contributed by atoms with E-state index in [4.69, 9.17) is 17.3 Å². The van der Waals surface area contributed by atoms with Crippen LogP contribution in [0.3, 0.4) is 0 Å². The first-order chi connectivity index (χ1) is 7.31. The van der Waals surface area contributed by atoms with Crippen molar-refractivity contribution in [1.82, 2.24) is 10.9 Å². The normalized spacial score (nSPS) is 25.7. The van der Waals surface area contributed by atoms with Gasteiger partial charge in [-0.1, -0.05) is 23.7 Å². The standard InChI is InChI=1S/C11H16ClN3/c12-10-3-1-2-8(6-10)11-9(4-5-13)7-14-15-11/h1-3,6,9,11,14-15H,4-5,7,13H2. The Hall–Kier alpha value is -0.610. The molecular formula is C11H16ClN3. The highest BCUT2D eigenvalue weighted by molar-refractivity contribution is 6.30. The molecule has 82 valence electrons. The van der Waals surface area contributed by atoms with Crippen LogP contribution in [-0.4, -0.2) is 13.1 Å². The fraction of sp³-hybridized carbons (Fsp3) is 0.455. The number of hydrazine groups is 1. The molecule has 2 rings (SSSR count). The maximum absolute atomic E-state index is 5.98. The van der Waals surface area contributed by atoms with Crippen molar-refractivity contribution < 1.29 is 0 Å². The molecule has 3 nitrogen and oxygen atoms in total. The molecule has 0 amide bonds. The van der Waals surface area contributed by atoms with Crippen LogP contribution in [-0.2, 0) is 0 Å². The predicted molar refractivity (Wildman–Crippen MR) is 62.5 cm³/mol. The molecule has 1 aliphatic rings. The summed E-state index contributed by atoms with van der Waals surface area (Å²) in [6.07, 6.45) is 1.02. The molecule has 4 heteroatoms. The van der Waals surface area contributed by atoms with Crippen LogP contribution >= 0.6 is 11.6 Å². The summed E-state index contributed by atoms with van der Waals surface area (Å²) < 4.78 is 0. The molecule has 2 unspecified atom stereocenters. The minimum atomic E-state index is 0.326. The van der Waals surface area contributed by atoms with Gasteiger partial charge in [-0.15, -0.1) is 0 Å². The second-order valence-electron chi connectivity index (χ2n) is 3.90. The first-order valence-corrected chi connectivity index (χ1v) is 5.63. The SMILES string of the molecule is NCCC1CNNC1c1cccc(Cl)c1. The highest BCUT2D eigenvalue weighted by Crippen LogP contribution is 2.28. The van der Waals surface area contributed by atoms with Crippen molar-refractivity contribution in [3.63, 3.8) is 0 Å². The lowest BCUT2D eigenvalue weighted by molar-refractivity contribution is 0.451.